The minimum atomic E-state index is -1.31. The number of hydrogen-bond donors (Lipinski definition) is 1. The lowest BCUT2D eigenvalue weighted by Crippen LogP contribution is -2.34. The van der Waals surface area contributed by atoms with E-state index in [1.54, 1.807) is 31.1 Å². The van der Waals surface area contributed by atoms with E-state index in [1.165, 1.54) is 4.90 Å². The molecule has 108 valence electrons. The molecule has 3 rings (SSSR count). The number of aliphatic hydroxyl groups is 1. The lowest BCUT2D eigenvalue weighted by Gasteiger charge is -2.23. The van der Waals surface area contributed by atoms with Crippen LogP contribution in [0.25, 0.3) is 0 Å². The molecule has 0 saturated carbocycles. The predicted octanol–water partition coefficient (Wildman–Crippen LogP) is 3.05. The van der Waals surface area contributed by atoms with Crippen molar-refractivity contribution in [3.8, 4) is 0 Å². The molecule has 1 aromatic carbocycles. The van der Waals surface area contributed by atoms with Crippen molar-refractivity contribution in [1.29, 1.82) is 0 Å². The van der Waals surface area contributed by atoms with Crippen molar-refractivity contribution in [1.82, 2.24) is 4.98 Å². The molecule has 2 aromatic rings. The molecule has 0 spiro atoms. The molecule has 2 unspecified atom stereocenters. The maximum absolute atomic E-state index is 10.4. The summed E-state index contributed by atoms with van der Waals surface area (Å²) in [6.45, 7) is 1.64. The van der Waals surface area contributed by atoms with Gasteiger partial charge in [-0.15, -0.1) is 11.8 Å². The summed E-state index contributed by atoms with van der Waals surface area (Å²) in [5, 5.41) is 14.5. The lowest BCUT2D eigenvalue weighted by molar-refractivity contribution is -0.179. The Hall–Kier alpha value is -1.85. The summed E-state index contributed by atoms with van der Waals surface area (Å²) < 4.78 is 0. The lowest BCUT2D eigenvalue weighted by atomic mass is 9.89. The molecule has 2 heterocycles. The van der Waals surface area contributed by atoms with Gasteiger partial charge in [-0.25, -0.2) is 0 Å². The minimum Gasteiger partial charge on any atom is -0.360 e. The van der Waals surface area contributed by atoms with Crippen LogP contribution in [0.5, 0.6) is 0 Å². The van der Waals surface area contributed by atoms with E-state index in [-0.39, 0.29) is 5.92 Å². The van der Waals surface area contributed by atoms with Gasteiger partial charge in [-0.1, -0.05) is 23.4 Å². The summed E-state index contributed by atoms with van der Waals surface area (Å²) in [5.74, 6) is -0.905. The number of hydrogen-bond acceptors (Lipinski definition) is 5. The molecular formula is C16H16N2O2S. The zero-order valence-electron chi connectivity index (χ0n) is 11.6. The number of aromatic nitrogens is 1. The Kier molecular flexibility index (Phi) is 3.94. The second-order valence-electron chi connectivity index (χ2n) is 5.04. The Bertz CT molecular complexity index is 629. The highest BCUT2D eigenvalue weighted by molar-refractivity contribution is 8.00. The number of thioether (sulfide) groups is 1. The van der Waals surface area contributed by atoms with Crippen LogP contribution in [0, 0.1) is 0 Å². The second-order valence-corrected chi connectivity index (χ2v) is 6.09. The number of rotatable bonds is 4. The van der Waals surface area contributed by atoms with Crippen LogP contribution < -0.4 is 0 Å². The molecule has 0 saturated heterocycles. The molecule has 5 heteroatoms. The average molecular weight is 300 g/mol. The van der Waals surface area contributed by atoms with Crippen molar-refractivity contribution in [3.63, 3.8) is 0 Å². The molecule has 21 heavy (non-hydrogen) atoms. The minimum absolute atomic E-state index is 0.267. The zero-order chi connectivity index (χ0) is 14.7. The highest BCUT2D eigenvalue weighted by atomic mass is 32.2. The third-order valence-corrected chi connectivity index (χ3v) is 4.43. The fourth-order valence-corrected chi connectivity index (χ4v) is 3.29. The van der Waals surface area contributed by atoms with Crippen LogP contribution in [-0.2, 0) is 4.84 Å². The first-order valence-corrected chi connectivity index (χ1v) is 7.70. The van der Waals surface area contributed by atoms with Crippen molar-refractivity contribution in [2.75, 3.05) is 5.75 Å². The smallest absolute Gasteiger partial charge is 0.243 e. The van der Waals surface area contributed by atoms with E-state index in [1.807, 2.05) is 30.3 Å². The van der Waals surface area contributed by atoms with E-state index in [0.29, 0.717) is 5.75 Å². The van der Waals surface area contributed by atoms with Gasteiger partial charge in [0.15, 0.2) is 0 Å². The molecule has 1 N–H and O–H groups in total. The molecule has 0 radical (unpaired) electrons. The molecule has 2 atom stereocenters. The summed E-state index contributed by atoms with van der Waals surface area (Å²) in [6.07, 6.45) is 3.43. The van der Waals surface area contributed by atoms with E-state index in [2.05, 4.69) is 22.3 Å². The van der Waals surface area contributed by atoms with Crippen LogP contribution in [-0.4, -0.2) is 27.3 Å². The van der Waals surface area contributed by atoms with E-state index < -0.39 is 5.79 Å². The Morgan fingerprint density at radius 1 is 1.19 bits per heavy atom. The molecule has 0 aliphatic carbocycles. The van der Waals surface area contributed by atoms with E-state index in [4.69, 9.17) is 4.84 Å². The molecule has 1 aliphatic rings. The third kappa shape index (κ3) is 3.09. The van der Waals surface area contributed by atoms with Gasteiger partial charge in [-0.3, -0.25) is 4.98 Å². The van der Waals surface area contributed by atoms with E-state index in [0.717, 1.165) is 11.3 Å². The fraction of sp³-hybridized carbons (Fsp3) is 0.250. The second kappa shape index (κ2) is 5.87. The largest absolute Gasteiger partial charge is 0.360 e. The predicted molar refractivity (Wildman–Crippen MR) is 83.3 cm³/mol. The van der Waals surface area contributed by atoms with Crippen LogP contribution in [0.1, 0.15) is 18.4 Å². The van der Waals surface area contributed by atoms with Crippen molar-refractivity contribution < 1.29 is 9.94 Å². The number of oxime groups is 1. The Labute approximate surface area is 127 Å². The van der Waals surface area contributed by atoms with Crippen molar-refractivity contribution in [3.05, 3.63) is 60.4 Å². The van der Waals surface area contributed by atoms with Crippen molar-refractivity contribution >= 4 is 17.5 Å². The van der Waals surface area contributed by atoms with Gasteiger partial charge < -0.3 is 9.94 Å². The third-order valence-electron chi connectivity index (χ3n) is 3.39. The van der Waals surface area contributed by atoms with Gasteiger partial charge in [0.1, 0.15) is 0 Å². The average Bonchev–Trinajstić information content (AvgIpc) is 2.82. The number of pyridine rings is 1. The van der Waals surface area contributed by atoms with Crippen LogP contribution in [0.2, 0.25) is 0 Å². The number of nitrogens with zero attached hydrogens (tertiary/aromatic N) is 2. The van der Waals surface area contributed by atoms with E-state index >= 15 is 0 Å². The molecule has 4 nitrogen and oxygen atoms in total. The zero-order valence-corrected chi connectivity index (χ0v) is 12.5. The monoisotopic (exact) mass is 300 g/mol. The summed E-state index contributed by atoms with van der Waals surface area (Å²) in [7, 11) is 0. The van der Waals surface area contributed by atoms with Gasteiger partial charge in [0.05, 0.1) is 11.6 Å². The van der Waals surface area contributed by atoms with E-state index in [9.17, 15) is 5.11 Å². The fourth-order valence-electron chi connectivity index (χ4n) is 2.41. The Balaban J connectivity index is 1.78. The van der Waals surface area contributed by atoms with Crippen LogP contribution in [0.15, 0.2) is 64.9 Å². The molecule has 1 aromatic heterocycles. The summed E-state index contributed by atoms with van der Waals surface area (Å²) >= 11 is 1.68. The first-order valence-electron chi connectivity index (χ1n) is 6.72. The molecule has 0 bridgehead atoms. The van der Waals surface area contributed by atoms with Gasteiger partial charge in [-0.05, 0) is 29.8 Å². The van der Waals surface area contributed by atoms with Crippen LogP contribution in [0.4, 0.5) is 0 Å². The van der Waals surface area contributed by atoms with Gasteiger partial charge in [0.25, 0.3) is 0 Å². The number of benzene rings is 1. The van der Waals surface area contributed by atoms with Gasteiger partial charge in [0.2, 0.25) is 5.79 Å². The molecule has 0 amide bonds. The topological polar surface area (TPSA) is 54.7 Å². The maximum atomic E-state index is 10.4. The summed E-state index contributed by atoms with van der Waals surface area (Å²) in [4.78, 5) is 10.4. The van der Waals surface area contributed by atoms with Crippen LogP contribution >= 0.6 is 11.8 Å². The Morgan fingerprint density at radius 3 is 2.62 bits per heavy atom. The first-order chi connectivity index (χ1) is 10.2. The Morgan fingerprint density at radius 2 is 1.90 bits per heavy atom. The van der Waals surface area contributed by atoms with Crippen molar-refractivity contribution in [2.45, 2.75) is 23.5 Å². The first kappa shape index (κ1) is 14.1. The quantitative estimate of drug-likeness (QED) is 0.882. The highest BCUT2D eigenvalue weighted by Crippen LogP contribution is 2.37. The van der Waals surface area contributed by atoms with Gasteiger partial charge in [-0.2, -0.15) is 0 Å². The van der Waals surface area contributed by atoms with Gasteiger partial charge >= 0.3 is 0 Å². The van der Waals surface area contributed by atoms with Crippen LogP contribution in [0.3, 0.4) is 0 Å². The molecule has 1 aliphatic heterocycles. The SMILES string of the molecule is CC1(O)ON=C(CSc2ccccc2)C1c1ccncc1. The van der Waals surface area contributed by atoms with Gasteiger partial charge in [0, 0.05) is 30.0 Å². The highest BCUT2D eigenvalue weighted by Gasteiger charge is 2.44. The van der Waals surface area contributed by atoms with Crippen molar-refractivity contribution in [2.24, 2.45) is 5.16 Å². The summed E-state index contributed by atoms with van der Waals surface area (Å²) in [6, 6.07) is 13.9. The maximum Gasteiger partial charge on any atom is 0.243 e. The normalized spacial score (nSPS) is 24.5. The standard InChI is InChI=1S/C16H16N2O2S/c1-16(19)15(12-7-9-17-10-8-12)14(18-20-16)11-21-13-5-3-2-4-6-13/h2-10,15,19H,11H2,1H3. The summed E-state index contributed by atoms with van der Waals surface area (Å²) in [5.41, 5.74) is 1.79. The molecule has 0 fully saturated rings. The molecular weight excluding hydrogens is 284 g/mol.